The predicted molar refractivity (Wildman–Crippen MR) is 73.1 cm³/mol. The maximum absolute atomic E-state index is 12.0. The van der Waals surface area contributed by atoms with E-state index >= 15 is 0 Å². The number of carbonyl (C=O) groups excluding carboxylic acids is 1. The summed E-state index contributed by atoms with van der Waals surface area (Å²) in [6.45, 7) is 3.85. The zero-order chi connectivity index (χ0) is 13.1. The van der Waals surface area contributed by atoms with Crippen LogP contribution in [0, 0.1) is 19.8 Å². The van der Waals surface area contributed by atoms with E-state index in [4.69, 9.17) is 16.3 Å². The second kappa shape index (κ2) is 5.75. The van der Waals surface area contributed by atoms with Gasteiger partial charge in [0, 0.05) is 5.02 Å². The number of halogens is 1. The van der Waals surface area contributed by atoms with Crippen molar-refractivity contribution >= 4 is 17.6 Å². The van der Waals surface area contributed by atoms with Crippen molar-refractivity contribution in [2.75, 3.05) is 0 Å². The first-order valence-corrected chi connectivity index (χ1v) is 6.94. The van der Waals surface area contributed by atoms with Gasteiger partial charge in [-0.25, -0.2) is 0 Å². The van der Waals surface area contributed by atoms with E-state index in [1.54, 1.807) is 0 Å². The summed E-state index contributed by atoms with van der Waals surface area (Å²) < 4.78 is 5.47. The zero-order valence-electron chi connectivity index (χ0n) is 11.0. The fraction of sp³-hybridized carbons (Fsp3) is 0.533. The van der Waals surface area contributed by atoms with Crippen LogP contribution in [0.4, 0.5) is 0 Å². The highest BCUT2D eigenvalue weighted by molar-refractivity contribution is 6.32. The third-order valence-electron chi connectivity index (χ3n) is 3.57. The molecule has 0 saturated heterocycles. The van der Waals surface area contributed by atoms with Crippen LogP contribution in [0.25, 0.3) is 0 Å². The van der Waals surface area contributed by atoms with E-state index in [0.717, 1.165) is 41.8 Å². The molecule has 1 fully saturated rings. The third-order valence-corrected chi connectivity index (χ3v) is 4.16. The molecular weight excluding hydrogens is 248 g/mol. The molecule has 0 spiro atoms. The van der Waals surface area contributed by atoms with E-state index in [9.17, 15) is 4.79 Å². The van der Waals surface area contributed by atoms with Crippen LogP contribution >= 0.6 is 11.6 Å². The van der Waals surface area contributed by atoms with Crippen molar-refractivity contribution in [1.29, 1.82) is 0 Å². The quantitative estimate of drug-likeness (QED) is 0.584. The number of esters is 1. The van der Waals surface area contributed by atoms with Gasteiger partial charge in [-0.05, 0) is 49.9 Å². The normalized spacial score (nSPS) is 16.6. The maximum Gasteiger partial charge on any atom is 0.314 e. The van der Waals surface area contributed by atoms with Crippen molar-refractivity contribution in [3.63, 3.8) is 0 Å². The molecule has 18 heavy (non-hydrogen) atoms. The van der Waals surface area contributed by atoms with E-state index in [2.05, 4.69) is 0 Å². The number of hydrogen-bond acceptors (Lipinski definition) is 2. The Bertz CT molecular complexity index is 425. The fourth-order valence-corrected chi connectivity index (χ4v) is 2.61. The lowest BCUT2D eigenvalue weighted by Crippen LogP contribution is -2.22. The first-order chi connectivity index (χ1) is 8.58. The van der Waals surface area contributed by atoms with Crippen LogP contribution in [0.2, 0.25) is 5.02 Å². The topological polar surface area (TPSA) is 26.3 Å². The van der Waals surface area contributed by atoms with Crippen molar-refractivity contribution < 1.29 is 9.53 Å². The lowest BCUT2D eigenvalue weighted by molar-refractivity contribution is -0.139. The first kappa shape index (κ1) is 13.4. The van der Waals surface area contributed by atoms with Gasteiger partial charge < -0.3 is 4.74 Å². The Morgan fingerprint density at radius 2 is 1.72 bits per heavy atom. The van der Waals surface area contributed by atoms with Gasteiger partial charge in [0.1, 0.15) is 5.75 Å². The predicted octanol–water partition coefficient (Wildman–Crippen LogP) is 4.44. The minimum Gasteiger partial charge on any atom is -0.426 e. The number of aryl methyl sites for hydroxylation is 2. The molecule has 1 aliphatic carbocycles. The summed E-state index contributed by atoms with van der Waals surface area (Å²) >= 11 is 6.09. The number of rotatable bonds is 2. The molecule has 0 aliphatic heterocycles. The third kappa shape index (κ3) is 3.05. The van der Waals surface area contributed by atoms with Crippen molar-refractivity contribution in [2.45, 2.75) is 46.0 Å². The molecule has 2 rings (SSSR count). The van der Waals surface area contributed by atoms with Crippen molar-refractivity contribution in [1.82, 2.24) is 0 Å². The van der Waals surface area contributed by atoms with Crippen LogP contribution in [0.1, 0.15) is 43.2 Å². The van der Waals surface area contributed by atoms with Gasteiger partial charge in [-0.1, -0.05) is 30.9 Å². The molecule has 98 valence electrons. The molecule has 1 saturated carbocycles. The maximum atomic E-state index is 12.0. The molecule has 1 aliphatic rings. The van der Waals surface area contributed by atoms with Gasteiger partial charge in [0.05, 0.1) is 5.92 Å². The molecular formula is C15H19ClO2. The first-order valence-electron chi connectivity index (χ1n) is 6.56. The number of carbonyl (C=O) groups is 1. The summed E-state index contributed by atoms with van der Waals surface area (Å²) in [6.07, 6.45) is 5.44. The molecule has 2 nitrogen and oxygen atoms in total. The Morgan fingerprint density at radius 3 is 2.28 bits per heavy atom. The van der Waals surface area contributed by atoms with E-state index in [-0.39, 0.29) is 11.9 Å². The SMILES string of the molecule is Cc1cc(OC(=O)C2CCCCC2)cc(C)c1Cl. The van der Waals surface area contributed by atoms with Gasteiger partial charge >= 0.3 is 5.97 Å². The average molecular weight is 267 g/mol. The van der Waals surface area contributed by atoms with Crippen LogP contribution < -0.4 is 4.74 Å². The summed E-state index contributed by atoms with van der Waals surface area (Å²) in [5, 5.41) is 0.743. The standard InChI is InChI=1S/C15H19ClO2/c1-10-8-13(9-11(2)14(10)16)18-15(17)12-6-4-3-5-7-12/h8-9,12H,3-7H2,1-2H3. The van der Waals surface area contributed by atoms with Crippen molar-refractivity contribution in [3.8, 4) is 5.75 Å². The minimum absolute atomic E-state index is 0.0787. The van der Waals surface area contributed by atoms with Crippen molar-refractivity contribution in [3.05, 3.63) is 28.3 Å². The molecule has 0 N–H and O–H groups in total. The molecule has 0 radical (unpaired) electrons. The Morgan fingerprint density at radius 1 is 1.17 bits per heavy atom. The Hall–Kier alpha value is -1.02. The largest absolute Gasteiger partial charge is 0.426 e. The molecule has 0 heterocycles. The van der Waals surface area contributed by atoms with Gasteiger partial charge in [0.25, 0.3) is 0 Å². The second-order valence-electron chi connectivity index (χ2n) is 5.13. The van der Waals surface area contributed by atoms with Gasteiger partial charge in [0.2, 0.25) is 0 Å². The van der Waals surface area contributed by atoms with Gasteiger partial charge in [-0.15, -0.1) is 0 Å². The summed E-state index contributed by atoms with van der Waals surface area (Å²) in [7, 11) is 0. The zero-order valence-corrected chi connectivity index (χ0v) is 11.7. The number of ether oxygens (including phenoxy) is 1. The monoisotopic (exact) mass is 266 g/mol. The summed E-state index contributed by atoms with van der Waals surface area (Å²) in [5.74, 6) is 0.607. The Labute approximate surface area is 113 Å². The van der Waals surface area contributed by atoms with Gasteiger partial charge in [0.15, 0.2) is 0 Å². The smallest absolute Gasteiger partial charge is 0.314 e. The van der Waals surface area contributed by atoms with Gasteiger partial charge in [-0.3, -0.25) is 4.79 Å². The molecule has 0 atom stereocenters. The van der Waals surface area contributed by atoms with Crippen LogP contribution in [0.5, 0.6) is 5.75 Å². The summed E-state index contributed by atoms with van der Waals surface area (Å²) in [4.78, 5) is 12.0. The fourth-order valence-electron chi connectivity index (χ4n) is 2.50. The second-order valence-corrected chi connectivity index (χ2v) is 5.51. The van der Waals surface area contributed by atoms with Crippen LogP contribution in [-0.4, -0.2) is 5.97 Å². The molecule has 0 bridgehead atoms. The summed E-state index contributed by atoms with van der Waals surface area (Å²) in [5.41, 5.74) is 1.89. The highest BCUT2D eigenvalue weighted by Crippen LogP contribution is 2.29. The van der Waals surface area contributed by atoms with E-state index in [0.29, 0.717) is 5.75 Å². The molecule has 1 aromatic carbocycles. The number of benzene rings is 1. The Balaban J connectivity index is 2.06. The van der Waals surface area contributed by atoms with E-state index in [1.165, 1.54) is 6.42 Å². The van der Waals surface area contributed by atoms with Crippen LogP contribution in [-0.2, 0) is 4.79 Å². The summed E-state index contributed by atoms with van der Waals surface area (Å²) in [6, 6.07) is 3.66. The highest BCUT2D eigenvalue weighted by Gasteiger charge is 2.23. The average Bonchev–Trinajstić information content (AvgIpc) is 2.37. The van der Waals surface area contributed by atoms with E-state index in [1.807, 2.05) is 26.0 Å². The number of hydrogen-bond donors (Lipinski definition) is 0. The molecule has 3 heteroatoms. The highest BCUT2D eigenvalue weighted by atomic mass is 35.5. The van der Waals surface area contributed by atoms with Crippen molar-refractivity contribution in [2.24, 2.45) is 5.92 Å². The van der Waals surface area contributed by atoms with Crippen LogP contribution in [0.3, 0.4) is 0 Å². The minimum atomic E-state index is -0.0872. The molecule has 0 amide bonds. The molecule has 1 aromatic rings. The van der Waals surface area contributed by atoms with E-state index < -0.39 is 0 Å². The lowest BCUT2D eigenvalue weighted by atomic mass is 9.89. The van der Waals surface area contributed by atoms with Crippen LogP contribution in [0.15, 0.2) is 12.1 Å². The Kier molecular flexibility index (Phi) is 4.28. The van der Waals surface area contributed by atoms with Gasteiger partial charge in [-0.2, -0.15) is 0 Å². The lowest BCUT2D eigenvalue weighted by Gasteiger charge is -2.20. The molecule has 0 aromatic heterocycles. The molecule has 0 unspecified atom stereocenters.